The number of nitrogen functional groups attached to an aromatic ring is 1. The molecule has 1 aliphatic heterocycles. The lowest BCUT2D eigenvalue weighted by molar-refractivity contribution is -0.117. The Morgan fingerprint density at radius 1 is 1.65 bits per heavy atom. The van der Waals surface area contributed by atoms with E-state index in [9.17, 15) is 14.3 Å². The van der Waals surface area contributed by atoms with Gasteiger partial charge in [-0.25, -0.2) is 4.39 Å². The topological polar surface area (TPSA) is 78.6 Å². The van der Waals surface area contributed by atoms with Gasteiger partial charge in [-0.05, 0) is 44.0 Å². The van der Waals surface area contributed by atoms with E-state index in [4.69, 9.17) is 5.73 Å². The fraction of sp³-hybridized carbons (Fsp3) is 0.500. The number of aliphatic hydroxyl groups excluding tert-OH is 1. The lowest BCUT2D eigenvalue weighted by atomic mass is 10.0. The van der Waals surface area contributed by atoms with Crippen LogP contribution in [0.25, 0.3) is 0 Å². The molecule has 0 saturated carbocycles. The van der Waals surface area contributed by atoms with Crippen molar-refractivity contribution in [3.8, 4) is 0 Å². The molecule has 6 heteroatoms. The molecule has 2 atom stereocenters. The second-order valence-electron chi connectivity index (χ2n) is 5.30. The van der Waals surface area contributed by atoms with E-state index in [1.807, 2.05) is 4.90 Å². The highest BCUT2D eigenvalue weighted by Gasteiger charge is 2.27. The number of amides is 1. The molecule has 20 heavy (non-hydrogen) atoms. The van der Waals surface area contributed by atoms with E-state index < -0.39 is 5.82 Å². The van der Waals surface area contributed by atoms with Crippen LogP contribution >= 0.6 is 0 Å². The molecule has 2 rings (SSSR count). The molecule has 1 aromatic carbocycles. The zero-order valence-corrected chi connectivity index (χ0v) is 11.5. The summed E-state index contributed by atoms with van der Waals surface area (Å²) in [5, 5.41) is 12.2. The summed E-state index contributed by atoms with van der Waals surface area (Å²) < 4.78 is 12.9. The van der Waals surface area contributed by atoms with Gasteiger partial charge in [0, 0.05) is 6.54 Å². The minimum Gasteiger partial charge on any atom is -0.397 e. The standard InChI is InChI=1S/C14H20FN3O2/c1-9(19)10-4-5-18(7-10)8-14(20)17-13-3-2-11(15)6-12(13)16/h2-3,6,9-10,19H,4-5,7-8,16H2,1H3,(H,17,20). The minimum absolute atomic E-state index is 0.186. The Morgan fingerprint density at radius 3 is 3.00 bits per heavy atom. The number of nitrogens with zero attached hydrogens (tertiary/aromatic N) is 1. The number of carbonyl (C=O) groups excluding carboxylic acids is 1. The van der Waals surface area contributed by atoms with E-state index in [0.717, 1.165) is 13.0 Å². The van der Waals surface area contributed by atoms with E-state index in [0.29, 0.717) is 12.2 Å². The first-order valence-electron chi connectivity index (χ1n) is 6.71. The predicted molar refractivity (Wildman–Crippen MR) is 75.7 cm³/mol. The maximum atomic E-state index is 12.9. The zero-order chi connectivity index (χ0) is 14.7. The smallest absolute Gasteiger partial charge is 0.238 e. The SMILES string of the molecule is CC(O)C1CCN(CC(=O)Nc2ccc(F)cc2N)C1. The lowest BCUT2D eigenvalue weighted by Crippen LogP contribution is -2.32. The Hall–Kier alpha value is -1.66. The van der Waals surface area contributed by atoms with Crippen molar-refractivity contribution in [2.75, 3.05) is 30.7 Å². The van der Waals surface area contributed by atoms with Gasteiger partial charge in [0.25, 0.3) is 0 Å². The maximum Gasteiger partial charge on any atom is 0.238 e. The quantitative estimate of drug-likeness (QED) is 0.721. The monoisotopic (exact) mass is 281 g/mol. The number of carbonyl (C=O) groups is 1. The predicted octanol–water partition coefficient (Wildman–Crippen LogP) is 1.05. The fourth-order valence-corrected chi connectivity index (χ4v) is 2.44. The van der Waals surface area contributed by atoms with Gasteiger partial charge < -0.3 is 16.2 Å². The molecule has 4 N–H and O–H groups in total. The number of likely N-dealkylation sites (tertiary alicyclic amines) is 1. The highest BCUT2D eigenvalue weighted by atomic mass is 19.1. The molecule has 2 unspecified atom stereocenters. The molecule has 1 aliphatic rings. The Bertz CT molecular complexity index is 493. The number of anilines is 2. The number of rotatable bonds is 4. The molecule has 1 amide bonds. The molecule has 1 fully saturated rings. The van der Waals surface area contributed by atoms with Crippen LogP contribution in [-0.4, -0.2) is 41.7 Å². The van der Waals surface area contributed by atoms with Gasteiger partial charge in [0.2, 0.25) is 5.91 Å². The van der Waals surface area contributed by atoms with Gasteiger partial charge in [-0.3, -0.25) is 9.69 Å². The number of aliphatic hydroxyl groups is 1. The molecular formula is C14H20FN3O2. The van der Waals surface area contributed by atoms with E-state index in [-0.39, 0.29) is 30.2 Å². The minimum atomic E-state index is -0.431. The summed E-state index contributed by atoms with van der Waals surface area (Å²) in [6.07, 6.45) is 0.541. The van der Waals surface area contributed by atoms with E-state index >= 15 is 0 Å². The van der Waals surface area contributed by atoms with Crippen molar-refractivity contribution in [2.24, 2.45) is 5.92 Å². The first-order chi connectivity index (χ1) is 9.45. The van der Waals surface area contributed by atoms with Gasteiger partial charge >= 0.3 is 0 Å². The van der Waals surface area contributed by atoms with Crippen LogP contribution in [0.1, 0.15) is 13.3 Å². The van der Waals surface area contributed by atoms with E-state index in [1.165, 1.54) is 18.2 Å². The highest BCUT2D eigenvalue weighted by molar-refractivity contribution is 5.95. The number of nitrogens with one attached hydrogen (secondary N) is 1. The normalized spacial score (nSPS) is 20.9. The van der Waals surface area contributed by atoms with Gasteiger partial charge in [0.15, 0.2) is 0 Å². The summed E-state index contributed by atoms with van der Waals surface area (Å²) >= 11 is 0. The summed E-state index contributed by atoms with van der Waals surface area (Å²) in [4.78, 5) is 13.9. The third-order valence-electron chi connectivity index (χ3n) is 3.65. The van der Waals surface area contributed by atoms with Crippen molar-refractivity contribution in [3.63, 3.8) is 0 Å². The Balaban J connectivity index is 1.87. The number of nitrogens with two attached hydrogens (primary N) is 1. The number of hydrogen-bond donors (Lipinski definition) is 3. The van der Waals surface area contributed by atoms with Gasteiger partial charge in [-0.2, -0.15) is 0 Å². The molecule has 5 nitrogen and oxygen atoms in total. The first-order valence-corrected chi connectivity index (χ1v) is 6.71. The second-order valence-corrected chi connectivity index (χ2v) is 5.30. The van der Waals surface area contributed by atoms with Crippen LogP contribution in [0.5, 0.6) is 0 Å². The Morgan fingerprint density at radius 2 is 2.40 bits per heavy atom. The summed E-state index contributed by atoms with van der Waals surface area (Å²) in [7, 11) is 0. The van der Waals surface area contributed by atoms with Crippen LogP contribution in [0.4, 0.5) is 15.8 Å². The number of hydrogen-bond acceptors (Lipinski definition) is 4. The van der Waals surface area contributed by atoms with Crippen molar-refractivity contribution in [1.82, 2.24) is 4.90 Å². The van der Waals surface area contributed by atoms with E-state index in [1.54, 1.807) is 6.92 Å². The van der Waals surface area contributed by atoms with Crippen molar-refractivity contribution >= 4 is 17.3 Å². The van der Waals surface area contributed by atoms with Crippen LogP contribution in [0.2, 0.25) is 0 Å². The largest absolute Gasteiger partial charge is 0.397 e. The molecule has 0 spiro atoms. The molecular weight excluding hydrogens is 261 g/mol. The molecule has 0 radical (unpaired) electrons. The Labute approximate surface area is 117 Å². The maximum absolute atomic E-state index is 12.9. The highest BCUT2D eigenvalue weighted by Crippen LogP contribution is 2.21. The van der Waals surface area contributed by atoms with Crippen molar-refractivity contribution < 1.29 is 14.3 Å². The third kappa shape index (κ3) is 3.68. The molecule has 0 bridgehead atoms. The zero-order valence-electron chi connectivity index (χ0n) is 11.5. The van der Waals surface area contributed by atoms with Crippen LogP contribution in [0.3, 0.4) is 0 Å². The van der Waals surface area contributed by atoms with Gasteiger partial charge in [0.05, 0.1) is 24.0 Å². The van der Waals surface area contributed by atoms with Gasteiger partial charge in [-0.15, -0.1) is 0 Å². The third-order valence-corrected chi connectivity index (χ3v) is 3.65. The molecule has 0 aliphatic carbocycles. The molecule has 0 aromatic heterocycles. The first kappa shape index (κ1) is 14.7. The van der Waals surface area contributed by atoms with E-state index in [2.05, 4.69) is 5.32 Å². The summed E-state index contributed by atoms with van der Waals surface area (Å²) in [6, 6.07) is 3.88. The van der Waals surface area contributed by atoms with Crippen LogP contribution in [0.15, 0.2) is 18.2 Å². The van der Waals surface area contributed by atoms with Crippen LogP contribution in [0, 0.1) is 11.7 Å². The van der Waals surface area contributed by atoms with Crippen molar-refractivity contribution in [3.05, 3.63) is 24.0 Å². The van der Waals surface area contributed by atoms with Crippen molar-refractivity contribution in [1.29, 1.82) is 0 Å². The molecule has 1 aromatic rings. The van der Waals surface area contributed by atoms with Crippen LogP contribution < -0.4 is 11.1 Å². The summed E-state index contributed by atoms with van der Waals surface area (Å²) in [5.74, 6) is -0.395. The lowest BCUT2D eigenvalue weighted by Gasteiger charge is -2.17. The number of benzene rings is 1. The summed E-state index contributed by atoms with van der Waals surface area (Å²) in [6.45, 7) is 3.53. The fourth-order valence-electron chi connectivity index (χ4n) is 2.44. The molecule has 1 saturated heterocycles. The molecule has 110 valence electrons. The van der Waals surface area contributed by atoms with Crippen LogP contribution in [-0.2, 0) is 4.79 Å². The van der Waals surface area contributed by atoms with Crippen molar-refractivity contribution in [2.45, 2.75) is 19.4 Å². The number of halogens is 1. The molecule has 1 heterocycles. The average molecular weight is 281 g/mol. The van der Waals surface area contributed by atoms with Gasteiger partial charge in [-0.1, -0.05) is 0 Å². The second kappa shape index (κ2) is 6.19. The summed E-state index contributed by atoms with van der Waals surface area (Å²) in [5.41, 5.74) is 6.27. The van der Waals surface area contributed by atoms with Gasteiger partial charge in [0.1, 0.15) is 5.82 Å². The average Bonchev–Trinajstić information content (AvgIpc) is 2.81. The Kier molecular flexibility index (Phi) is 4.57.